The van der Waals surface area contributed by atoms with Gasteiger partial charge in [0.1, 0.15) is 0 Å². The lowest BCUT2D eigenvalue weighted by Gasteiger charge is -2.21. The van der Waals surface area contributed by atoms with Crippen LogP contribution in [0.2, 0.25) is 0 Å². The molecule has 0 aromatic carbocycles. The minimum absolute atomic E-state index is 0.0253. The normalized spacial score (nSPS) is 14.4. The number of aliphatic carboxylic acids is 1. The molecule has 0 bridgehead atoms. The first-order valence-corrected chi connectivity index (χ1v) is 3.88. The second-order valence-corrected chi connectivity index (χ2v) is 2.96. The van der Waals surface area contributed by atoms with Gasteiger partial charge in [-0.3, -0.25) is 4.79 Å². The summed E-state index contributed by atoms with van der Waals surface area (Å²) in [7, 11) is 1.32. The largest absolute Gasteiger partial charge is 0.481 e. The van der Waals surface area contributed by atoms with Gasteiger partial charge in [0.15, 0.2) is 6.10 Å². The monoisotopic (exact) mass is 215 g/mol. The lowest BCUT2D eigenvalue weighted by molar-refractivity contribution is -0.207. The molecule has 2 N–H and O–H groups in total. The van der Waals surface area contributed by atoms with Crippen LogP contribution < -0.4 is 0 Å². The van der Waals surface area contributed by atoms with Crippen molar-refractivity contribution in [2.24, 2.45) is 0 Å². The Bertz CT molecular complexity index is 195. The highest BCUT2D eigenvalue weighted by Gasteiger charge is 2.38. The van der Waals surface area contributed by atoms with Crippen molar-refractivity contribution in [3.05, 3.63) is 0 Å². The number of hydrogen-bond donors (Lipinski definition) is 2. The van der Waals surface area contributed by atoms with Gasteiger partial charge < -0.3 is 15.1 Å². The molecular formula is C7H12F3NO3. The fraction of sp³-hybridized carbons (Fsp3) is 0.857. The van der Waals surface area contributed by atoms with Crippen LogP contribution in [-0.4, -0.2) is 53.5 Å². The Morgan fingerprint density at radius 1 is 1.50 bits per heavy atom. The zero-order valence-electron chi connectivity index (χ0n) is 7.58. The van der Waals surface area contributed by atoms with E-state index in [1.807, 2.05) is 0 Å². The lowest BCUT2D eigenvalue weighted by atomic mass is 10.3. The number of carbonyl (C=O) groups is 1. The number of aliphatic hydroxyl groups is 1. The van der Waals surface area contributed by atoms with Crippen LogP contribution in [0.25, 0.3) is 0 Å². The third kappa shape index (κ3) is 5.76. The highest BCUT2D eigenvalue weighted by atomic mass is 19.4. The minimum atomic E-state index is -4.66. The van der Waals surface area contributed by atoms with Gasteiger partial charge in [0.2, 0.25) is 0 Å². The maximum Gasteiger partial charge on any atom is 0.415 e. The molecule has 0 spiro atoms. The Morgan fingerprint density at radius 2 is 2.00 bits per heavy atom. The van der Waals surface area contributed by atoms with Gasteiger partial charge in [0.25, 0.3) is 0 Å². The third-order valence-corrected chi connectivity index (χ3v) is 1.57. The molecule has 0 amide bonds. The van der Waals surface area contributed by atoms with Gasteiger partial charge >= 0.3 is 12.1 Å². The van der Waals surface area contributed by atoms with Crippen molar-refractivity contribution in [1.29, 1.82) is 0 Å². The van der Waals surface area contributed by atoms with Crippen LogP contribution in [0.15, 0.2) is 0 Å². The molecule has 0 aliphatic carbocycles. The Balaban J connectivity index is 3.82. The molecule has 7 heteroatoms. The second kappa shape index (κ2) is 5.16. The highest BCUT2D eigenvalue weighted by molar-refractivity contribution is 5.66. The zero-order valence-corrected chi connectivity index (χ0v) is 7.58. The molecule has 0 radical (unpaired) electrons. The number of halogens is 3. The molecule has 4 nitrogen and oxygen atoms in total. The molecule has 0 saturated carbocycles. The summed E-state index contributed by atoms with van der Waals surface area (Å²) in [4.78, 5) is 11.2. The van der Waals surface area contributed by atoms with Crippen molar-refractivity contribution < 1.29 is 28.2 Å². The summed E-state index contributed by atoms with van der Waals surface area (Å²) >= 11 is 0. The molecule has 0 fully saturated rings. The van der Waals surface area contributed by atoms with Crippen LogP contribution in [0.1, 0.15) is 6.42 Å². The smallest absolute Gasteiger partial charge is 0.415 e. The topological polar surface area (TPSA) is 60.8 Å². The van der Waals surface area contributed by atoms with E-state index in [1.165, 1.54) is 7.05 Å². The molecule has 0 aromatic heterocycles. The van der Waals surface area contributed by atoms with Gasteiger partial charge in [0.05, 0.1) is 6.42 Å². The highest BCUT2D eigenvalue weighted by Crippen LogP contribution is 2.20. The number of likely N-dealkylation sites (N-methyl/N-ethyl adjacent to an activating group) is 1. The first-order chi connectivity index (χ1) is 6.23. The van der Waals surface area contributed by atoms with E-state index in [0.29, 0.717) is 0 Å². The Kier molecular flexibility index (Phi) is 4.86. The van der Waals surface area contributed by atoms with Crippen molar-refractivity contribution in [2.75, 3.05) is 20.1 Å². The number of rotatable bonds is 5. The van der Waals surface area contributed by atoms with E-state index in [0.717, 1.165) is 4.90 Å². The van der Waals surface area contributed by atoms with Crippen LogP contribution >= 0.6 is 0 Å². The molecule has 1 atom stereocenters. The van der Waals surface area contributed by atoms with Crippen LogP contribution in [0, 0.1) is 0 Å². The number of carboxylic acid groups (broad SMARTS) is 1. The molecule has 0 saturated heterocycles. The summed E-state index contributed by atoms with van der Waals surface area (Å²) < 4.78 is 35.4. The SMILES string of the molecule is CN(CCC(=O)O)CC(O)C(F)(F)F. The summed E-state index contributed by atoms with van der Waals surface area (Å²) in [6.07, 6.45) is -7.33. The first kappa shape index (κ1) is 13.2. The minimum Gasteiger partial charge on any atom is -0.481 e. The van der Waals surface area contributed by atoms with Crippen molar-refractivity contribution in [1.82, 2.24) is 4.90 Å². The predicted octanol–water partition coefficient (Wildman–Crippen LogP) is 0.316. The summed E-state index contributed by atoms with van der Waals surface area (Å²) in [6.45, 7) is -0.640. The van der Waals surface area contributed by atoms with Gasteiger partial charge in [-0.1, -0.05) is 0 Å². The average Bonchev–Trinajstić information content (AvgIpc) is 1.99. The standard InChI is InChI=1S/C7H12F3NO3/c1-11(3-2-6(13)14)4-5(12)7(8,9)10/h5,12H,2-4H2,1H3,(H,13,14). The number of alkyl halides is 3. The molecule has 0 heterocycles. The van der Waals surface area contributed by atoms with Gasteiger partial charge in [-0.25, -0.2) is 0 Å². The van der Waals surface area contributed by atoms with E-state index in [9.17, 15) is 18.0 Å². The van der Waals surface area contributed by atoms with Crippen molar-refractivity contribution in [3.8, 4) is 0 Å². The van der Waals surface area contributed by atoms with Crippen molar-refractivity contribution >= 4 is 5.97 Å². The second-order valence-electron chi connectivity index (χ2n) is 2.96. The van der Waals surface area contributed by atoms with Gasteiger partial charge in [-0.2, -0.15) is 13.2 Å². The van der Waals surface area contributed by atoms with Gasteiger partial charge in [0, 0.05) is 13.1 Å². The zero-order chi connectivity index (χ0) is 11.4. The molecule has 0 aliphatic rings. The van der Waals surface area contributed by atoms with Crippen LogP contribution in [0.4, 0.5) is 13.2 Å². The fourth-order valence-electron chi connectivity index (χ4n) is 0.777. The Labute approximate surface area is 78.9 Å². The van der Waals surface area contributed by atoms with Crippen LogP contribution in [-0.2, 0) is 4.79 Å². The van der Waals surface area contributed by atoms with Crippen LogP contribution in [0.3, 0.4) is 0 Å². The summed E-state index contributed by atoms with van der Waals surface area (Å²) in [6, 6.07) is 0. The van der Waals surface area contributed by atoms with Crippen molar-refractivity contribution in [2.45, 2.75) is 18.7 Å². The molecule has 0 aromatic rings. The Hall–Kier alpha value is -0.820. The summed E-state index contributed by atoms with van der Waals surface area (Å²) in [5.41, 5.74) is 0. The molecular weight excluding hydrogens is 203 g/mol. The third-order valence-electron chi connectivity index (χ3n) is 1.57. The number of aliphatic hydroxyl groups excluding tert-OH is 1. The quantitative estimate of drug-likeness (QED) is 0.693. The van der Waals surface area contributed by atoms with E-state index in [2.05, 4.69) is 0 Å². The van der Waals surface area contributed by atoms with Gasteiger partial charge in [-0.15, -0.1) is 0 Å². The molecule has 84 valence electrons. The van der Waals surface area contributed by atoms with E-state index in [4.69, 9.17) is 10.2 Å². The molecule has 14 heavy (non-hydrogen) atoms. The van der Waals surface area contributed by atoms with Crippen LogP contribution in [0.5, 0.6) is 0 Å². The van der Waals surface area contributed by atoms with Crippen molar-refractivity contribution in [3.63, 3.8) is 0 Å². The maximum absolute atomic E-state index is 11.8. The number of nitrogens with zero attached hydrogens (tertiary/aromatic N) is 1. The van der Waals surface area contributed by atoms with E-state index >= 15 is 0 Å². The molecule has 0 rings (SSSR count). The number of hydrogen-bond acceptors (Lipinski definition) is 3. The van der Waals surface area contributed by atoms with E-state index in [1.54, 1.807) is 0 Å². The average molecular weight is 215 g/mol. The van der Waals surface area contributed by atoms with Gasteiger partial charge in [-0.05, 0) is 7.05 Å². The molecule has 1 unspecified atom stereocenters. The Morgan fingerprint density at radius 3 is 2.36 bits per heavy atom. The fourth-order valence-corrected chi connectivity index (χ4v) is 0.777. The first-order valence-electron chi connectivity index (χ1n) is 3.88. The maximum atomic E-state index is 11.8. The summed E-state index contributed by atoms with van der Waals surface area (Å²) in [5.74, 6) is -1.08. The van der Waals surface area contributed by atoms with E-state index < -0.39 is 24.8 Å². The number of carboxylic acids is 1. The summed E-state index contributed by atoms with van der Waals surface area (Å²) in [5, 5.41) is 16.9. The molecule has 0 aliphatic heterocycles. The van der Waals surface area contributed by atoms with E-state index in [-0.39, 0.29) is 13.0 Å². The lowest BCUT2D eigenvalue weighted by Crippen LogP contribution is -2.39. The predicted molar refractivity (Wildman–Crippen MR) is 41.8 cm³/mol.